The lowest BCUT2D eigenvalue weighted by molar-refractivity contribution is 0.252. The van der Waals surface area contributed by atoms with E-state index in [2.05, 4.69) is 50.9 Å². The average Bonchev–Trinajstić information content (AvgIpc) is 2.30. The van der Waals surface area contributed by atoms with Gasteiger partial charge in [-0.1, -0.05) is 0 Å². The lowest BCUT2D eigenvalue weighted by atomic mass is 10.0. The molecule has 2 heterocycles. The Morgan fingerprint density at radius 3 is 2.62 bits per heavy atom. The summed E-state index contributed by atoms with van der Waals surface area (Å²) >= 11 is 3.41. The highest BCUT2D eigenvalue weighted by Gasteiger charge is 2.21. The quantitative estimate of drug-likeness (QED) is 0.831. The highest BCUT2D eigenvalue weighted by molar-refractivity contribution is 9.10. The minimum Gasteiger partial charge on any atom is -0.357 e. The van der Waals surface area contributed by atoms with Gasteiger partial charge in [-0.3, -0.25) is 0 Å². The van der Waals surface area contributed by atoms with E-state index in [1.54, 1.807) is 0 Å². The van der Waals surface area contributed by atoms with Gasteiger partial charge in [0, 0.05) is 23.8 Å². The van der Waals surface area contributed by atoms with Gasteiger partial charge in [0.05, 0.1) is 0 Å². The number of likely N-dealkylation sites (tertiary alicyclic amines) is 1. The van der Waals surface area contributed by atoms with Crippen molar-refractivity contribution in [1.82, 2.24) is 9.88 Å². The average molecular weight is 284 g/mol. The van der Waals surface area contributed by atoms with E-state index in [9.17, 15) is 0 Å². The predicted octanol–water partition coefficient (Wildman–Crippen LogP) is 2.37. The Morgan fingerprint density at radius 1 is 1.38 bits per heavy atom. The third-order valence-corrected chi connectivity index (χ3v) is 3.78. The second kappa shape index (κ2) is 5.15. The molecule has 1 aliphatic rings. The van der Waals surface area contributed by atoms with Crippen LogP contribution in [0.2, 0.25) is 0 Å². The molecule has 0 bridgehead atoms. The summed E-state index contributed by atoms with van der Waals surface area (Å²) in [5.74, 6) is 1.07. The maximum atomic E-state index is 4.44. The predicted molar refractivity (Wildman–Crippen MR) is 70.9 cm³/mol. The van der Waals surface area contributed by atoms with E-state index in [1.807, 2.05) is 12.3 Å². The van der Waals surface area contributed by atoms with Crippen molar-refractivity contribution in [2.45, 2.75) is 18.9 Å². The lowest BCUT2D eigenvalue weighted by Crippen LogP contribution is -2.42. The third kappa shape index (κ3) is 2.74. The Kier molecular flexibility index (Phi) is 3.82. The molecule has 16 heavy (non-hydrogen) atoms. The Morgan fingerprint density at radius 2 is 2.06 bits per heavy atom. The standard InChI is InChI=1S/C12H18BrN3/c1-15-7-5-11(6-8-15)16(2)12-4-3-10(13)9-14-12/h3-4,9,11H,5-8H2,1-2H3. The van der Waals surface area contributed by atoms with Gasteiger partial charge >= 0.3 is 0 Å². The van der Waals surface area contributed by atoms with Crippen LogP contribution in [-0.4, -0.2) is 43.1 Å². The fourth-order valence-electron chi connectivity index (χ4n) is 2.15. The minimum atomic E-state index is 0.630. The zero-order valence-electron chi connectivity index (χ0n) is 9.86. The van der Waals surface area contributed by atoms with Gasteiger partial charge in [-0.05, 0) is 61.0 Å². The summed E-state index contributed by atoms with van der Waals surface area (Å²) in [6.45, 7) is 2.37. The van der Waals surface area contributed by atoms with Gasteiger partial charge in [-0.25, -0.2) is 4.98 Å². The molecule has 0 aliphatic carbocycles. The number of aromatic nitrogens is 1. The molecule has 0 amide bonds. The Labute approximate surface area is 106 Å². The Balaban J connectivity index is 2.01. The zero-order chi connectivity index (χ0) is 11.5. The summed E-state index contributed by atoms with van der Waals surface area (Å²) in [6, 6.07) is 4.75. The maximum Gasteiger partial charge on any atom is 0.128 e. The van der Waals surface area contributed by atoms with Crippen LogP contribution in [0.15, 0.2) is 22.8 Å². The summed E-state index contributed by atoms with van der Waals surface area (Å²) in [5.41, 5.74) is 0. The first-order chi connectivity index (χ1) is 7.66. The summed E-state index contributed by atoms with van der Waals surface area (Å²) < 4.78 is 1.04. The van der Waals surface area contributed by atoms with Gasteiger partial charge in [0.1, 0.15) is 5.82 Å². The van der Waals surface area contributed by atoms with Crippen molar-refractivity contribution in [3.8, 4) is 0 Å². The molecule has 1 aliphatic heterocycles. The molecule has 1 saturated heterocycles. The highest BCUT2D eigenvalue weighted by atomic mass is 79.9. The van der Waals surface area contributed by atoms with Crippen LogP contribution in [-0.2, 0) is 0 Å². The second-order valence-corrected chi connectivity index (χ2v) is 5.40. The topological polar surface area (TPSA) is 19.4 Å². The fourth-order valence-corrected chi connectivity index (χ4v) is 2.38. The summed E-state index contributed by atoms with van der Waals surface area (Å²) in [5, 5.41) is 0. The fraction of sp³-hybridized carbons (Fsp3) is 0.583. The van der Waals surface area contributed by atoms with E-state index < -0.39 is 0 Å². The van der Waals surface area contributed by atoms with Gasteiger partial charge < -0.3 is 9.80 Å². The third-order valence-electron chi connectivity index (χ3n) is 3.31. The molecule has 0 spiro atoms. The van der Waals surface area contributed by atoms with Gasteiger partial charge in [0.2, 0.25) is 0 Å². The molecule has 88 valence electrons. The second-order valence-electron chi connectivity index (χ2n) is 4.48. The molecule has 0 radical (unpaired) electrons. The number of halogens is 1. The van der Waals surface area contributed by atoms with Crippen molar-refractivity contribution in [3.05, 3.63) is 22.8 Å². The number of hydrogen-bond donors (Lipinski definition) is 0. The van der Waals surface area contributed by atoms with E-state index in [4.69, 9.17) is 0 Å². The van der Waals surface area contributed by atoms with E-state index in [-0.39, 0.29) is 0 Å². The van der Waals surface area contributed by atoms with Crippen LogP contribution in [0.4, 0.5) is 5.82 Å². The molecule has 2 rings (SSSR count). The Bertz CT molecular complexity index is 331. The molecule has 0 aromatic carbocycles. The van der Waals surface area contributed by atoms with Crippen LogP contribution < -0.4 is 4.90 Å². The molecule has 3 nitrogen and oxygen atoms in total. The van der Waals surface area contributed by atoms with Crippen molar-refractivity contribution in [1.29, 1.82) is 0 Å². The van der Waals surface area contributed by atoms with Crippen molar-refractivity contribution in [3.63, 3.8) is 0 Å². The molecule has 1 aromatic rings. The SMILES string of the molecule is CN1CCC(N(C)c2ccc(Br)cn2)CC1. The van der Waals surface area contributed by atoms with Crippen LogP contribution in [0.1, 0.15) is 12.8 Å². The lowest BCUT2D eigenvalue weighted by Gasteiger charge is -2.35. The van der Waals surface area contributed by atoms with Gasteiger partial charge in [-0.2, -0.15) is 0 Å². The zero-order valence-corrected chi connectivity index (χ0v) is 11.4. The molecular formula is C12H18BrN3. The van der Waals surface area contributed by atoms with Crippen LogP contribution in [0.25, 0.3) is 0 Å². The van der Waals surface area contributed by atoms with E-state index in [1.165, 1.54) is 25.9 Å². The maximum absolute atomic E-state index is 4.44. The van der Waals surface area contributed by atoms with Gasteiger partial charge in [-0.15, -0.1) is 0 Å². The number of anilines is 1. The largest absolute Gasteiger partial charge is 0.357 e. The number of piperidine rings is 1. The number of hydrogen-bond acceptors (Lipinski definition) is 3. The first kappa shape index (κ1) is 11.9. The minimum absolute atomic E-state index is 0.630. The molecule has 1 aromatic heterocycles. The van der Waals surface area contributed by atoms with Crippen LogP contribution >= 0.6 is 15.9 Å². The van der Waals surface area contributed by atoms with Crippen molar-refractivity contribution in [2.24, 2.45) is 0 Å². The summed E-state index contributed by atoms with van der Waals surface area (Å²) in [6.07, 6.45) is 4.32. The summed E-state index contributed by atoms with van der Waals surface area (Å²) in [4.78, 5) is 9.13. The molecule has 0 saturated carbocycles. The van der Waals surface area contributed by atoms with Crippen LogP contribution in [0, 0.1) is 0 Å². The van der Waals surface area contributed by atoms with Crippen molar-refractivity contribution < 1.29 is 0 Å². The Hall–Kier alpha value is -0.610. The first-order valence-electron chi connectivity index (χ1n) is 5.70. The molecule has 0 atom stereocenters. The van der Waals surface area contributed by atoms with E-state index in [0.717, 1.165) is 10.3 Å². The van der Waals surface area contributed by atoms with Crippen LogP contribution in [0.5, 0.6) is 0 Å². The van der Waals surface area contributed by atoms with E-state index in [0.29, 0.717) is 6.04 Å². The summed E-state index contributed by atoms with van der Waals surface area (Å²) in [7, 11) is 4.33. The number of nitrogens with zero attached hydrogens (tertiary/aromatic N) is 3. The van der Waals surface area contributed by atoms with Crippen LogP contribution in [0.3, 0.4) is 0 Å². The molecule has 0 N–H and O–H groups in total. The molecule has 1 fully saturated rings. The van der Waals surface area contributed by atoms with Gasteiger partial charge in [0.15, 0.2) is 0 Å². The normalized spacial score (nSPS) is 18.7. The molecule has 4 heteroatoms. The highest BCUT2D eigenvalue weighted by Crippen LogP contribution is 2.20. The number of pyridine rings is 1. The monoisotopic (exact) mass is 283 g/mol. The molecular weight excluding hydrogens is 266 g/mol. The van der Waals surface area contributed by atoms with Crippen molar-refractivity contribution in [2.75, 3.05) is 32.1 Å². The molecule has 0 unspecified atom stereocenters. The van der Waals surface area contributed by atoms with Gasteiger partial charge in [0.25, 0.3) is 0 Å². The smallest absolute Gasteiger partial charge is 0.128 e. The van der Waals surface area contributed by atoms with E-state index >= 15 is 0 Å². The first-order valence-corrected chi connectivity index (χ1v) is 6.49. The van der Waals surface area contributed by atoms with Crippen molar-refractivity contribution >= 4 is 21.7 Å². The number of rotatable bonds is 2.